The Balaban J connectivity index is 2.31. The van der Waals surface area contributed by atoms with Gasteiger partial charge in [0.05, 0.1) is 20.3 Å². The van der Waals surface area contributed by atoms with Crippen molar-refractivity contribution in [1.29, 1.82) is 0 Å². The number of carbonyl (C=O) groups excluding carboxylic acids is 1. The maximum Gasteiger partial charge on any atom is 0.368 e. The van der Waals surface area contributed by atoms with Crippen molar-refractivity contribution in [2.75, 3.05) is 31.0 Å². The smallest absolute Gasteiger partial charge is 0.368 e. The SMILES string of the molecule is CCOP(=O)(OCC)/C(=C/Nc1ccccc1)C(=O)Nc1ccc(OC)cc1. The molecule has 0 unspecified atom stereocenters. The van der Waals surface area contributed by atoms with Gasteiger partial charge in [-0.2, -0.15) is 0 Å². The third-order valence-electron chi connectivity index (χ3n) is 3.62. The highest BCUT2D eigenvalue weighted by molar-refractivity contribution is 7.60. The van der Waals surface area contributed by atoms with Crippen molar-refractivity contribution in [1.82, 2.24) is 0 Å². The van der Waals surface area contributed by atoms with E-state index in [9.17, 15) is 9.36 Å². The van der Waals surface area contributed by atoms with E-state index in [1.807, 2.05) is 30.3 Å². The van der Waals surface area contributed by atoms with Crippen LogP contribution >= 0.6 is 7.60 Å². The highest BCUT2D eigenvalue weighted by atomic mass is 31.2. The average Bonchev–Trinajstić information content (AvgIpc) is 2.70. The number of anilines is 2. The van der Waals surface area contributed by atoms with Crippen LogP contribution in [0.2, 0.25) is 0 Å². The Kier molecular flexibility index (Phi) is 8.26. The van der Waals surface area contributed by atoms with E-state index in [0.717, 1.165) is 5.69 Å². The molecule has 0 aromatic heterocycles. The molecular formula is C20H25N2O5P. The molecule has 0 heterocycles. The van der Waals surface area contributed by atoms with Crippen LogP contribution in [0.15, 0.2) is 66.1 Å². The summed E-state index contributed by atoms with van der Waals surface area (Å²) in [6.45, 7) is 3.65. The van der Waals surface area contributed by atoms with Gasteiger partial charge in [-0.1, -0.05) is 18.2 Å². The summed E-state index contributed by atoms with van der Waals surface area (Å²) in [5.74, 6) is 0.0765. The second-order valence-corrected chi connectivity index (χ2v) is 7.55. The summed E-state index contributed by atoms with van der Waals surface area (Å²) in [5, 5.41) is 5.58. The fraction of sp³-hybridized carbons (Fsp3) is 0.250. The largest absolute Gasteiger partial charge is 0.497 e. The maximum atomic E-state index is 13.2. The lowest BCUT2D eigenvalue weighted by atomic mass is 10.3. The van der Waals surface area contributed by atoms with Crippen LogP contribution in [-0.4, -0.2) is 26.2 Å². The number of carbonyl (C=O) groups is 1. The minimum absolute atomic E-state index is 0.115. The standard InChI is InChI=1S/C20H25N2O5P/c1-4-26-28(24,27-5-2)19(15-21-16-9-7-6-8-10-16)20(23)22-17-11-13-18(25-3)14-12-17/h6-15,21H,4-5H2,1-3H3,(H,22,23)/b19-15+. The molecule has 0 aliphatic rings. The fourth-order valence-electron chi connectivity index (χ4n) is 2.34. The van der Waals surface area contributed by atoms with Gasteiger partial charge in [-0.15, -0.1) is 0 Å². The van der Waals surface area contributed by atoms with E-state index in [2.05, 4.69) is 10.6 Å². The maximum absolute atomic E-state index is 13.2. The number of para-hydroxylation sites is 1. The van der Waals surface area contributed by atoms with Gasteiger partial charge in [0.2, 0.25) is 0 Å². The quantitative estimate of drug-likeness (QED) is 0.435. The third kappa shape index (κ3) is 5.96. The van der Waals surface area contributed by atoms with Gasteiger partial charge in [-0.3, -0.25) is 9.36 Å². The Morgan fingerprint density at radius 1 is 0.964 bits per heavy atom. The summed E-state index contributed by atoms with van der Waals surface area (Å²) in [6, 6.07) is 16.0. The average molecular weight is 404 g/mol. The van der Waals surface area contributed by atoms with E-state index in [4.69, 9.17) is 13.8 Å². The lowest BCUT2D eigenvalue weighted by molar-refractivity contribution is -0.112. The molecule has 7 nitrogen and oxygen atoms in total. The zero-order chi connectivity index (χ0) is 20.4. The second kappa shape index (κ2) is 10.7. The first-order valence-electron chi connectivity index (χ1n) is 8.89. The summed E-state index contributed by atoms with van der Waals surface area (Å²) < 4.78 is 29.1. The molecule has 0 atom stereocenters. The number of nitrogens with one attached hydrogen (secondary N) is 2. The van der Waals surface area contributed by atoms with E-state index >= 15 is 0 Å². The molecule has 0 spiro atoms. The molecule has 0 aliphatic carbocycles. The molecule has 1 amide bonds. The molecule has 2 aromatic carbocycles. The van der Waals surface area contributed by atoms with Crippen molar-refractivity contribution in [3.05, 3.63) is 66.1 Å². The number of amides is 1. The fourth-order valence-corrected chi connectivity index (χ4v) is 3.90. The normalized spacial score (nSPS) is 11.8. The lowest BCUT2D eigenvalue weighted by Crippen LogP contribution is -2.18. The van der Waals surface area contributed by atoms with E-state index in [1.54, 1.807) is 45.2 Å². The number of hydrogen-bond acceptors (Lipinski definition) is 6. The number of ether oxygens (including phenoxy) is 1. The zero-order valence-electron chi connectivity index (χ0n) is 16.2. The van der Waals surface area contributed by atoms with Crippen molar-refractivity contribution < 1.29 is 23.1 Å². The van der Waals surface area contributed by atoms with Crippen LogP contribution in [0.3, 0.4) is 0 Å². The van der Waals surface area contributed by atoms with Gasteiger partial charge >= 0.3 is 7.60 Å². The number of rotatable bonds is 10. The molecule has 2 N–H and O–H groups in total. The van der Waals surface area contributed by atoms with Gasteiger partial charge < -0.3 is 24.4 Å². The predicted octanol–water partition coefficient (Wildman–Crippen LogP) is 4.85. The van der Waals surface area contributed by atoms with Crippen LogP contribution in [0.4, 0.5) is 11.4 Å². The predicted molar refractivity (Wildman–Crippen MR) is 111 cm³/mol. The minimum atomic E-state index is -3.81. The highest BCUT2D eigenvalue weighted by Crippen LogP contribution is 2.56. The first-order chi connectivity index (χ1) is 13.5. The summed E-state index contributed by atoms with van der Waals surface area (Å²) in [6.07, 6.45) is 1.36. The molecule has 0 saturated heterocycles. The molecule has 150 valence electrons. The van der Waals surface area contributed by atoms with Crippen LogP contribution in [0.1, 0.15) is 13.8 Å². The van der Waals surface area contributed by atoms with Crippen LogP contribution < -0.4 is 15.4 Å². The van der Waals surface area contributed by atoms with Crippen LogP contribution in [-0.2, 0) is 18.4 Å². The van der Waals surface area contributed by atoms with Crippen molar-refractivity contribution in [3.8, 4) is 5.75 Å². The van der Waals surface area contributed by atoms with Crippen LogP contribution in [0, 0.1) is 0 Å². The van der Waals surface area contributed by atoms with E-state index < -0.39 is 13.5 Å². The van der Waals surface area contributed by atoms with E-state index in [-0.39, 0.29) is 18.5 Å². The van der Waals surface area contributed by atoms with Crippen LogP contribution in [0.5, 0.6) is 5.75 Å². The second-order valence-electron chi connectivity index (χ2n) is 5.56. The van der Waals surface area contributed by atoms with Gasteiger partial charge in [-0.05, 0) is 50.2 Å². The summed E-state index contributed by atoms with van der Waals surface area (Å²) in [7, 11) is -2.25. The Morgan fingerprint density at radius 2 is 1.57 bits per heavy atom. The Hall–Kier alpha value is -2.60. The van der Waals surface area contributed by atoms with Gasteiger partial charge in [0.15, 0.2) is 0 Å². The first-order valence-corrected chi connectivity index (χ1v) is 10.4. The van der Waals surface area contributed by atoms with E-state index in [0.29, 0.717) is 11.4 Å². The minimum Gasteiger partial charge on any atom is -0.497 e. The molecule has 0 saturated carbocycles. The van der Waals surface area contributed by atoms with E-state index in [1.165, 1.54) is 6.20 Å². The molecule has 0 bridgehead atoms. The van der Waals surface area contributed by atoms with Crippen LogP contribution in [0.25, 0.3) is 0 Å². The van der Waals surface area contributed by atoms with Crippen molar-refractivity contribution >= 4 is 24.9 Å². The molecule has 0 aliphatic heterocycles. The molecular weight excluding hydrogens is 379 g/mol. The monoisotopic (exact) mass is 404 g/mol. The summed E-state index contributed by atoms with van der Waals surface area (Å²) in [5.41, 5.74) is 1.26. The summed E-state index contributed by atoms with van der Waals surface area (Å²) >= 11 is 0. The third-order valence-corrected chi connectivity index (χ3v) is 5.74. The molecule has 28 heavy (non-hydrogen) atoms. The molecule has 2 aromatic rings. The Bertz CT molecular complexity index is 827. The number of benzene rings is 2. The number of hydrogen-bond donors (Lipinski definition) is 2. The van der Waals surface area contributed by atoms with Crippen molar-refractivity contribution in [3.63, 3.8) is 0 Å². The lowest BCUT2D eigenvalue weighted by Gasteiger charge is -2.20. The van der Waals surface area contributed by atoms with Crippen molar-refractivity contribution in [2.45, 2.75) is 13.8 Å². The topological polar surface area (TPSA) is 85.9 Å². The Labute approximate surface area is 165 Å². The van der Waals surface area contributed by atoms with Gasteiger partial charge in [0, 0.05) is 17.6 Å². The first kappa shape index (κ1) is 21.7. The summed E-state index contributed by atoms with van der Waals surface area (Å²) in [4.78, 5) is 12.9. The molecule has 0 radical (unpaired) electrons. The molecule has 8 heteroatoms. The van der Waals surface area contributed by atoms with Gasteiger partial charge in [-0.25, -0.2) is 0 Å². The molecule has 2 rings (SSSR count). The van der Waals surface area contributed by atoms with Gasteiger partial charge in [0.25, 0.3) is 5.91 Å². The number of methoxy groups -OCH3 is 1. The van der Waals surface area contributed by atoms with Gasteiger partial charge in [0.1, 0.15) is 11.1 Å². The van der Waals surface area contributed by atoms with Crippen molar-refractivity contribution in [2.24, 2.45) is 0 Å². The molecule has 0 fully saturated rings. The zero-order valence-corrected chi connectivity index (χ0v) is 17.1. The highest BCUT2D eigenvalue weighted by Gasteiger charge is 2.35. The Morgan fingerprint density at radius 3 is 2.11 bits per heavy atom.